The molecule has 0 spiro atoms. The standard InChI is InChI=1S/C11H11NO3S/c1-7-9(4-5-15-7)11-12-8(6-16-11)2-3-10(13)14/h4-6H,2-3H2,1H3,(H,13,14). The molecule has 0 saturated carbocycles. The molecule has 2 heterocycles. The van der Waals surface area contributed by atoms with Gasteiger partial charge < -0.3 is 9.52 Å². The summed E-state index contributed by atoms with van der Waals surface area (Å²) in [6.45, 7) is 1.88. The molecule has 2 aromatic rings. The average molecular weight is 237 g/mol. The number of furan rings is 1. The average Bonchev–Trinajstić information content (AvgIpc) is 2.83. The van der Waals surface area contributed by atoms with Crippen LogP contribution in [0.1, 0.15) is 17.9 Å². The molecule has 4 nitrogen and oxygen atoms in total. The lowest BCUT2D eigenvalue weighted by atomic mass is 10.2. The molecule has 0 bridgehead atoms. The van der Waals surface area contributed by atoms with Crippen molar-refractivity contribution >= 4 is 17.3 Å². The van der Waals surface area contributed by atoms with Crippen LogP contribution in [0.15, 0.2) is 22.1 Å². The number of thiazole rings is 1. The molecule has 0 fully saturated rings. The monoisotopic (exact) mass is 237 g/mol. The Morgan fingerprint density at radius 3 is 3.06 bits per heavy atom. The molecular formula is C11H11NO3S. The number of hydrogen-bond donors (Lipinski definition) is 1. The van der Waals surface area contributed by atoms with Crippen LogP contribution in [0.4, 0.5) is 0 Å². The molecule has 0 radical (unpaired) electrons. The van der Waals surface area contributed by atoms with Crippen LogP contribution in [0.2, 0.25) is 0 Å². The summed E-state index contributed by atoms with van der Waals surface area (Å²) in [5.41, 5.74) is 1.80. The summed E-state index contributed by atoms with van der Waals surface area (Å²) in [6, 6.07) is 1.87. The molecule has 0 aliphatic rings. The zero-order valence-electron chi connectivity index (χ0n) is 8.77. The van der Waals surface area contributed by atoms with Gasteiger partial charge in [-0.1, -0.05) is 0 Å². The Morgan fingerprint density at radius 1 is 1.62 bits per heavy atom. The fourth-order valence-electron chi connectivity index (χ4n) is 1.39. The largest absolute Gasteiger partial charge is 0.481 e. The summed E-state index contributed by atoms with van der Waals surface area (Å²) < 4.78 is 5.20. The molecular weight excluding hydrogens is 226 g/mol. The number of aromatic nitrogens is 1. The van der Waals surface area contributed by atoms with Crippen molar-refractivity contribution in [2.24, 2.45) is 0 Å². The van der Waals surface area contributed by atoms with E-state index in [2.05, 4.69) is 4.98 Å². The zero-order chi connectivity index (χ0) is 11.5. The fourth-order valence-corrected chi connectivity index (χ4v) is 2.31. The van der Waals surface area contributed by atoms with Crippen molar-refractivity contribution in [3.8, 4) is 10.6 Å². The second-order valence-electron chi connectivity index (χ2n) is 3.43. The fraction of sp³-hybridized carbons (Fsp3) is 0.273. The van der Waals surface area contributed by atoms with E-state index in [9.17, 15) is 4.79 Å². The van der Waals surface area contributed by atoms with Gasteiger partial charge in [-0.3, -0.25) is 4.79 Å². The third-order valence-corrected chi connectivity index (χ3v) is 3.16. The van der Waals surface area contributed by atoms with Gasteiger partial charge in [0.2, 0.25) is 0 Å². The Bertz CT molecular complexity index is 501. The first kappa shape index (κ1) is 10.9. The summed E-state index contributed by atoms with van der Waals surface area (Å²) in [5.74, 6) is 0.0353. The van der Waals surface area contributed by atoms with E-state index in [1.54, 1.807) is 6.26 Å². The van der Waals surface area contributed by atoms with E-state index in [1.807, 2.05) is 18.4 Å². The van der Waals surface area contributed by atoms with E-state index in [1.165, 1.54) is 11.3 Å². The third-order valence-electron chi connectivity index (χ3n) is 2.24. The molecule has 0 unspecified atom stereocenters. The van der Waals surface area contributed by atoms with Crippen molar-refractivity contribution in [2.75, 3.05) is 0 Å². The van der Waals surface area contributed by atoms with Crippen molar-refractivity contribution in [3.05, 3.63) is 29.2 Å². The number of aliphatic carboxylic acids is 1. The second kappa shape index (κ2) is 4.49. The van der Waals surface area contributed by atoms with Crippen LogP contribution in [0.5, 0.6) is 0 Å². The van der Waals surface area contributed by atoms with E-state index >= 15 is 0 Å². The lowest BCUT2D eigenvalue weighted by Gasteiger charge is -1.92. The van der Waals surface area contributed by atoms with Gasteiger partial charge in [-0.05, 0) is 13.0 Å². The van der Waals surface area contributed by atoms with Crippen LogP contribution in [-0.2, 0) is 11.2 Å². The van der Waals surface area contributed by atoms with Gasteiger partial charge in [-0.2, -0.15) is 0 Å². The van der Waals surface area contributed by atoms with Gasteiger partial charge in [-0.15, -0.1) is 11.3 Å². The number of carboxylic acids is 1. The SMILES string of the molecule is Cc1occc1-c1nc(CCC(=O)O)cs1. The minimum atomic E-state index is -0.797. The molecule has 0 aromatic carbocycles. The second-order valence-corrected chi connectivity index (χ2v) is 4.29. The predicted molar refractivity (Wildman–Crippen MR) is 60.5 cm³/mol. The van der Waals surface area contributed by atoms with Crippen molar-refractivity contribution < 1.29 is 14.3 Å². The zero-order valence-corrected chi connectivity index (χ0v) is 9.58. The van der Waals surface area contributed by atoms with E-state index in [0.717, 1.165) is 22.0 Å². The first-order valence-electron chi connectivity index (χ1n) is 4.87. The molecule has 0 amide bonds. The van der Waals surface area contributed by atoms with Gasteiger partial charge in [0.05, 0.1) is 23.9 Å². The van der Waals surface area contributed by atoms with Crippen LogP contribution in [0.25, 0.3) is 10.6 Å². The predicted octanol–water partition coefficient (Wildman–Crippen LogP) is 2.73. The summed E-state index contributed by atoms with van der Waals surface area (Å²) in [4.78, 5) is 14.8. The van der Waals surface area contributed by atoms with Gasteiger partial charge in [-0.25, -0.2) is 4.98 Å². The Hall–Kier alpha value is -1.62. The molecule has 1 N–H and O–H groups in total. The lowest BCUT2D eigenvalue weighted by molar-refractivity contribution is -0.136. The number of carbonyl (C=O) groups is 1. The van der Waals surface area contributed by atoms with Crippen molar-refractivity contribution in [2.45, 2.75) is 19.8 Å². The maximum absolute atomic E-state index is 10.4. The van der Waals surface area contributed by atoms with Crippen molar-refractivity contribution in [1.29, 1.82) is 0 Å². The summed E-state index contributed by atoms with van der Waals surface area (Å²) in [5, 5.41) is 11.3. The normalized spacial score (nSPS) is 10.6. The molecule has 0 aliphatic heterocycles. The molecule has 0 saturated heterocycles. The van der Waals surface area contributed by atoms with Gasteiger partial charge in [0.1, 0.15) is 10.8 Å². The first-order chi connectivity index (χ1) is 7.66. The van der Waals surface area contributed by atoms with Gasteiger partial charge in [0.15, 0.2) is 0 Å². The Labute approximate surface area is 96.6 Å². The van der Waals surface area contributed by atoms with E-state index in [0.29, 0.717) is 6.42 Å². The van der Waals surface area contributed by atoms with Crippen molar-refractivity contribution in [3.63, 3.8) is 0 Å². The Kier molecular flexibility index (Phi) is 3.05. The van der Waals surface area contributed by atoms with Crippen LogP contribution >= 0.6 is 11.3 Å². The molecule has 5 heteroatoms. The Balaban J connectivity index is 2.14. The van der Waals surface area contributed by atoms with E-state index in [-0.39, 0.29) is 6.42 Å². The highest BCUT2D eigenvalue weighted by Crippen LogP contribution is 2.27. The maximum Gasteiger partial charge on any atom is 0.303 e. The van der Waals surface area contributed by atoms with Crippen LogP contribution in [0, 0.1) is 6.92 Å². The third kappa shape index (κ3) is 2.30. The smallest absolute Gasteiger partial charge is 0.303 e. The number of hydrogen-bond acceptors (Lipinski definition) is 4. The lowest BCUT2D eigenvalue weighted by Crippen LogP contribution is -1.97. The minimum Gasteiger partial charge on any atom is -0.481 e. The van der Waals surface area contributed by atoms with Gasteiger partial charge in [0.25, 0.3) is 0 Å². The molecule has 2 rings (SSSR count). The number of carboxylic acid groups (broad SMARTS) is 1. The van der Waals surface area contributed by atoms with E-state index < -0.39 is 5.97 Å². The number of rotatable bonds is 4. The highest BCUT2D eigenvalue weighted by atomic mass is 32.1. The number of aryl methyl sites for hydroxylation is 2. The van der Waals surface area contributed by atoms with Gasteiger partial charge in [0, 0.05) is 11.8 Å². The topological polar surface area (TPSA) is 63.3 Å². The number of nitrogens with zero attached hydrogens (tertiary/aromatic N) is 1. The van der Waals surface area contributed by atoms with Crippen molar-refractivity contribution in [1.82, 2.24) is 4.98 Å². The minimum absolute atomic E-state index is 0.119. The molecule has 16 heavy (non-hydrogen) atoms. The highest BCUT2D eigenvalue weighted by Gasteiger charge is 2.10. The molecule has 84 valence electrons. The van der Waals surface area contributed by atoms with Crippen LogP contribution in [-0.4, -0.2) is 16.1 Å². The summed E-state index contributed by atoms with van der Waals surface area (Å²) >= 11 is 1.51. The molecule has 2 aromatic heterocycles. The first-order valence-corrected chi connectivity index (χ1v) is 5.75. The van der Waals surface area contributed by atoms with Gasteiger partial charge >= 0.3 is 5.97 Å². The van der Waals surface area contributed by atoms with E-state index in [4.69, 9.17) is 9.52 Å². The Morgan fingerprint density at radius 2 is 2.44 bits per heavy atom. The summed E-state index contributed by atoms with van der Waals surface area (Å²) in [7, 11) is 0. The van der Waals surface area contributed by atoms with Crippen LogP contribution in [0.3, 0.4) is 0 Å². The molecule has 0 aliphatic carbocycles. The summed E-state index contributed by atoms with van der Waals surface area (Å²) in [6.07, 6.45) is 2.22. The maximum atomic E-state index is 10.4. The quantitative estimate of drug-likeness (QED) is 0.888. The van der Waals surface area contributed by atoms with Crippen LogP contribution < -0.4 is 0 Å². The molecule has 0 atom stereocenters. The highest BCUT2D eigenvalue weighted by molar-refractivity contribution is 7.13.